The van der Waals surface area contributed by atoms with Crippen molar-refractivity contribution < 1.29 is 8.42 Å². The molecule has 0 saturated heterocycles. The number of hydrogen-bond donors (Lipinski definition) is 1. The van der Waals surface area contributed by atoms with Crippen molar-refractivity contribution in [3.05, 3.63) is 29.8 Å². The van der Waals surface area contributed by atoms with E-state index in [4.69, 9.17) is 6.42 Å². The van der Waals surface area contributed by atoms with Crippen LogP contribution in [0.5, 0.6) is 0 Å². The smallest absolute Gasteiger partial charge is 0.242 e. The van der Waals surface area contributed by atoms with Crippen LogP contribution in [0.1, 0.15) is 31.9 Å². The third kappa shape index (κ3) is 4.07. The number of benzene rings is 1. The van der Waals surface area contributed by atoms with Crippen molar-refractivity contribution in [2.45, 2.75) is 37.2 Å². The van der Waals surface area contributed by atoms with Crippen LogP contribution in [0.4, 0.5) is 0 Å². The number of sulfonamides is 1. The Kier molecular flexibility index (Phi) is 5.75. The minimum atomic E-state index is -3.36. The summed E-state index contributed by atoms with van der Waals surface area (Å²) in [6.45, 7) is 4.06. The average Bonchev–Trinajstić information content (AvgIpc) is 2.38. The Morgan fingerprint density at radius 3 is 2.25 bits per heavy atom. The van der Waals surface area contributed by atoms with Crippen molar-refractivity contribution >= 4 is 10.0 Å². The van der Waals surface area contributed by atoms with Crippen LogP contribution >= 0.6 is 0 Å². The molecule has 0 heterocycles. The molecule has 4 nitrogen and oxygen atoms in total. The lowest BCUT2D eigenvalue weighted by Gasteiger charge is -2.19. The Balaban J connectivity index is 2.85. The van der Waals surface area contributed by atoms with Gasteiger partial charge in [-0.05, 0) is 31.5 Å². The van der Waals surface area contributed by atoms with Crippen LogP contribution in [0.2, 0.25) is 0 Å². The molecule has 5 heteroatoms. The van der Waals surface area contributed by atoms with Gasteiger partial charge in [0.1, 0.15) is 0 Å². The van der Waals surface area contributed by atoms with E-state index in [1.165, 1.54) is 18.4 Å². The van der Waals surface area contributed by atoms with E-state index in [0.29, 0.717) is 11.3 Å². The van der Waals surface area contributed by atoms with E-state index in [-0.39, 0.29) is 12.1 Å². The second kappa shape index (κ2) is 6.89. The van der Waals surface area contributed by atoms with Crippen molar-refractivity contribution in [1.82, 2.24) is 9.62 Å². The van der Waals surface area contributed by atoms with Crippen LogP contribution in [0.15, 0.2) is 29.2 Å². The molecule has 0 radical (unpaired) electrons. The highest BCUT2D eigenvalue weighted by molar-refractivity contribution is 7.89. The van der Waals surface area contributed by atoms with Gasteiger partial charge >= 0.3 is 0 Å². The molecule has 0 amide bonds. The predicted octanol–water partition coefficient (Wildman–Crippen LogP) is 2.00. The molecule has 0 saturated carbocycles. The minimum absolute atomic E-state index is 0.120. The number of rotatable bonds is 6. The Hall–Kier alpha value is -1.35. The van der Waals surface area contributed by atoms with Gasteiger partial charge in [-0.2, -0.15) is 0 Å². The number of terminal acetylenes is 1. The zero-order valence-electron chi connectivity index (χ0n) is 12.4. The molecule has 2 atom stereocenters. The normalized spacial score (nSPS) is 14.8. The Morgan fingerprint density at radius 1 is 1.25 bits per heavy atom. The summed E-state index contributed by atoms with van der Waals surface area (Å²) in [4.78, 5) is 0.301. The summed E-state index contributed by atoms with van der Waals surface area (Å²) in [5.41, 5.74) is 1.03. The first-order chi connectivity index (χ1) is 9.28. The lowest BCUT2D eigenvalue weighted by Crippen LogP contribution is -2.28. The van der Waals surface area contributed by atoms with E-state index in [1.807, 2.05) is 26.0 Å². The fraction of sp³-hybridized carbons (Fsp3) is 0.467. The van der Waals surface area contributed by atoms with Gasteiger partial charge in [0.05, 0.1) is 4.90 Å². The van der Waals surface area contributed by atoms with Crippen molar-refractivity contribution in [3.63, 3.8) is 0 Å². The molecule has 0 spiro atoms. The Bertz CT molecular complexity index is 571. The van der Waals surface area contributed by atoms with E-state index in [1.54, 1.807) is 12.1 Å². The van der Waals surface area contributed by atoms with Gasteiger partial charge in [0.25, 0.3) is 0 Å². The molecule has 0 aliphatic rings. The summed E-state index contributed by atoms with van der Waals surface area (Å²) in [5.74, 6) is 2.62. The largest absolute Gasteiger partial charge is 0.307 e. The fourth-order valence-electron chi connectivity index (χ4n) is 1.90. The van der Waals surface area contributed by atoms with Gasteiger partial charge in [-0.15, -0.1) is 12.3 Å². The zero-order valence-corrected chi connectivity index (χ0v) is 13.2. The number of nitrogens with zero attached hydrogens (tertiary/aromatic N) is 1. The highest BCUT2D eigenvalue weighted by Gasteiger charge is 2.17. The SMILES string of the molecule is C#CCC(C)NC(C)c1ccc(S(=O)(=O)N(C)C)cc1. The van der Waals surface area contributed by atoms with Crippen molar-refractivity contribution in [1.29, 1.82) is 0 Å². The lowest BCUT2D eigenvalue weighted by molar-refractivity contribution is 0.486. The first-order valence-electron chi connectivity index (χ1n) is 6.51. The highest BCUT2D eigenvalue weighted by atomic mass is 32.2. The molecule has 0 bridgehead atoms. The van der Waals surface area contributed by atoms with Crippen molar-refractivity contribution in [2.24, 2.45) is 0 Å². The molecule has 1 aromatic rings. The molecule has 0 aliphatic heterocycles. The predicted molar refractivity (Wildman–Crippen MR) is 81.8 cm³/mol. The second-order valence-corrected chi connectivity index (χ2v) is 7.21. The van der Waals surface area contributed by atoms with Crippen molar-refractivity contribution in [3.8, 4) is 12.3 Å². The van der Waals surface area contributed by atoms with E-state index in [0.717, 1.165) is 5.56 Å². The summed E-state index contributed by atoms with van der Waals surface area (Å²) in [6, 6.07) is 7.27. The van der Waals surface area contributed by atoms with Crippen LogP contribution in [0.3, 0.4) is 0 Å². The maximum atomic E-state index is 12.0. The van der Waals surface area contributed by atoms with Gasteiger partial charge in [-0.25, -0.2) is 12.7 Å². The summed E-state index contributed by atoms with van der Waals surface area (Å²) in [7, 11) is -0.319. The third-order valence-corrected chi connectivity index (χ3v) is 4.95. The average molecular weight is 294 g/mol. The van der Waals surface area contributed by atoms with Gasteiger partial charge in [0.2, 0.25) is 10.0 Å². The van der Waals surface area contributed by atoms with Crippen LogP contribution in [0.25, 0.3) is 0 Å². The monoisotopic (exact) mass is 294 g/mol. The van der Waals surface area contributed by atoms with Crippen LogP contribution in [-0.2, 0) is 10.0 Å². The molecule has 1 aromatic carbocycles. The van der Waals surface area contributed by atoms with Gasteiger partial charge in [-0.3, -0.25) is 0 Å². The van der Waals surface area contributed by atoms with Gasteiger partial charge in [-0.1, -0.05) is 12.1 Å². The van der Waals surface area contributed by atoms with E-state index in [9.17, 15) is 8.42 Å². The Morgan fingerprint density at radius 2 is 1.80 bits per heavy atom. The summed E-state index contributed by atoms with van der Waals surface area (Å²) < 4.78 is 25.1. The molecule has 20 heavy (non-hydrogen) atoms. The van der Waals surface area contributed by atoms with Crippen LogP contribution in [0, 0.1) is 12.3 Å². The second-order valence-electron chi connectivity index (χ2n) is 5.05. The maximum absolute atomic E-state index is 12.0. The molecular formula is C15H22N2O2S. The number of nitrogens with one attached hydrogen (secondary N) is 1. The molecule has 2 unspecified atom stereocenters. The van der Waals surface area contributed by atoms with E-state index < -0.39 is 10.0 Å². The third-order valence-electron chi connectivity index (χ3n) is 3.12. The maximum Gasteiger partial charge on any atom is 0.242 e. The standard InChI is InChI=1S/C15H22N2O2S/c1-6-7-12(2)16-13(3)14-8-10-15(11-9-14)20(18,19)17(4)5/h1,8-13,16H,7H2,2-5H3. The quantitative estimate of drug-likeness (QED) is 0.816. The highest BCUT2D eigenvalue weighted by Crippen LogP contribution is 2.18. The molecule has 1 rings (SSSR count). The fourth-order valence-corrected chi connectivity index (χ4v) is 2.80. The molecule has 0 aromatic heterocycles. The molecular weight excluding hydrogens is 272 g/mol. The lowest BCUT2D eigenvalue weighted by atomic mass is 10.1. The van der Waals surface area contributed by atoms with Gasteiger partial charge in [0.15, 0.2) is 0 Å². The van der Waals surface area contributed by atoms with E-state index in [2.05, 4.69) is 11.2 Å². The summed E-state index contributed by atoms with van der Waals surface area (Å²) in [5, 5.41) is 3.38. The zero-order chi connectivity index (χ0) is 15.3. The van der Waals surface area contributed by atoms with E-state index >= 15 is 0 Å². The summed E-state index contributed by atoms with van der Waals surface area (Å²) in [6.07, 6.45) is 5.94. The molecule has 0 aliphatic carbocycles. The van der Waals surface area contributed by atoms with Crippen LogP contribution < -0.4 is 5.32 Å². The first kappa shape index (κ1) is 16.7. The van der Waals surface area contributed by atoms with Gasteiger partial charge < -0.3 is 5.32 Å². The van der Waals surface area contributed by atoms with Crippen LogP contribution in [-0.4, -0.2) is 32.9 Å². The molecule has 110 valence electrons. The van der Waals surface area contributed by atoms with Gasteiger partial charge in [0, 0.05) is 32.6 Å². The number of hydrogen-bond acceptors (Lipinski definition) is 3. The molecule has 1 N–H and O–H groups in total. The molecule has 0 fully saturated rings. The minimum Gasteiger partial charge on any atom is -0.307 e. The first-order valence-corrected chi connectivity index (χ1v) is 7.95. The topological polar surface area (TPSA) is 49.4 Å². The van der Waals surface area contributed by atoms with Crippen molar-refractivity contribution in [2.75, 3.05) is 14.1 Å². The Labute approximate surface area is 122 Å². The summed E-state index contributed by atoms with van der Waals surface area (Å²) >= 11 is 0.